The van der Waals surface area contributed by atoms with E-state index >= 15 is 0 Å². The highest BCUT2D eigenvalue weighted by atomic mass is 16.5. The van der Waals surface area contributed by atoms with Crippen LogP contribution in [-0.4, -0.2) is 25.7 Å². The van der Waals surface area contributed by atoms with Gasteiger partial charge in [0.05, 0.1) is 19.8 Å². The SMILES string of the molecule is COc1cc(C)c(NC(=O)C2(N)CCC2)cc1OC. The van der Waals surface area contributed by atoms with E-state index in [4.69, 9.17) is 15.2 Å². The van der Waals surface area contributed by atoms with Gasteiger partial charge in [-0.3, -0.25) is 4.79 Å². The van der Waals surface area contributed by atoms with Crippen molar-refractivity contribution in [2.24, 2.45) is 5.73 Å². The van der Waals surface area contributed by atoms with Crippen LogP contribution in [0, 0.1) is 6.92 Å². The van der Waals surface area contributed by atoms with E-state index < -0.39 is 5.54 Å². The Morgan fingerprint density at radius 3 is 2.32 bits per heavy atom. The van der Waals surface area contributed by atoms with Crippen molar-refractivity contribution in [3.8, 4) is 11.5 Å². The standard InChI is InChI=1S/C14H20N2O3/c1-9-7-11(18-2)12(19-3)8-10(9)16-13(17)14(15)5-4-6-14/h7-8H,4-6,15H2,1-3H3,(H,16,17). The number of hydrogen-bond donors (Lipinski definition) is 2. The average Bonchev–Trinajstić information content (AvgIpc) is 2.37. The van der Waals surface area contributed by atoms with Crippen LogP contribution in [0.3, 0.4) is 0 Å². The number of hydrogen-bond acceptors (Lipinski definition) is 4. The number of nitrogens with one attached hydrogen (secondary N) is 1. The van der Waals surface area contributed by atoms with Crippen LogP contribution in [0.1, 0.15) is 24.8 Å². The lowest BCUT2D eigenvalue weighted by Gasteiger charge is -2.36. The summed E-state index contributed by atoms with van der Waals surface area (Å²) in [6.07, 6.45) is 2.49. The molecule has 104 valence electrons. The van der Waals surface area contributed by atoms with Gasteiger partial charge in [0.15, 0.2) is 11.5 Å². The highest BCUT2D eigenvalue weighted by Gasteiger charge is 2.40. The first kappa shape index (κ1) is 13.7. The van der Waals surface area contributed by atoms with Crippen LogP contribution in [0.4, 0.5) is 5.69 Å². The van der Waals surface area contributed by atoms with Gasteiger partial charge in [0.1, 0.15) is 0 Å². The molecule has 5 heteroatoms. The lowest BCUT2D eigenvalue weighted by atomic mass is 9.77. The molecule has 1 aliphatic carbocycles. The van der Waals surface area contributed by atoms with Crippen molar-refractivity contribution in [1.29, 1.82) is 0 Å². The van der Waals surface area contributed by atoms with E-state index in [9.17, 15) is 4.79 Å². The molecule has 0 aromatic heterocycles. The highest BCUT2D eigenvalue weighted by molar-refractivity contribution is 5.99. The van der Waals surface area contributed by atoms with E-state index in [2.05, 4.69) is 5.32 Å². The molecule has 0 spiro atoms. The van der Waals surface area contributed by atoms with E-state index in [0.29, 0.717) is 17.2 Å². The van der Waals surface area contributed by atoms with Crippen molar-refractivity contribution in [2.45, 2.75) is 31.7 Å². The largest absolute Gasteiger partial charge is 0.493 e. The summed E-state index contributed by atoms with van der Waals surface area (Å²) in [6, 6.07) is 3.59. The number of rotatable bonds is 4. The molecule has 1 aromatic carbocycles. The molecule has 19 heavy (non-hydrogen) atoms. The number of carbonyl (C=O) groups excluding carboxylic acids is 1. The molecule has 0 atom stereocenters. The third kappa shape index (κ3) is 2.51. The van der Waals surface area contributed by atoms with Gasteiger partial charge in [0.2, 0.25) is 5.91 Å². The molecule has 0 bridgehead atoms. The molecule has 0 aliphatic heterocycles. The number of nitrogens with two attached hydrogens (primary N) is 1. The van der Waals surface area contributed by atoms with Crippen LogP contribution in [0.15, 0.2) is 12.1 Å². The summed E-state index contributed by atoms with van der Waals surface area (Å²) in [5.41, 5.74) is 6.91. The summed E-state index contributed by atoms with van der Waals surface area (Å²) in [6.45, 7) is 1.90. The van der Waals surface area contributed by atoms with Crippen LogP contribution in [0.2, 0.25) is 0 Å². The highest BCUT2D eigenvalue weighted by Crippen LogP contribution is 2.35. The summed E-state index contributed by atoms with van der Waals surface area (Å²) in [4.78, 5) is 12.1. The van der Waals surface area contributed by atoms with Crippen molar-refractivity contribution >= 4 is 11.6 Å². The molecular formula is C14H20N2O3. The summed E-state index contributed by atoms with van der Waals surface area (Å²) < 4.78 is 10.4. The van der Waals surface area contributed by atoms with Gasteiger partial charge in [-0.15, -0.1) is 0 Å². The van der Waals surface area contributed by atoms with E-state index in [0.717, 1.165) is 24.8 Å². The Morgan fingerprint density at radius 1 is 1.26 bits per heavy atom. The first-order chi connectivity index (χ1) is 9.00. The van der Waals surface area contributed by atoms with Gasteiger partial charge < -0.3 is 20.5 Å². The molecule has 2 rings (SSSR count). The van der Waals surface area contributed by atoms with Gasteiger partial charge in [-0.05, 0) is 37.8 Å². The third-order valence-corrected chi connectivity index (χ3v) is 3.68. The fraction of sp³-hybridized carbons (Fsp3) is 0.500. The van der Waals surface area contributed by atoms with Crippen molar-refractivity contribution in [3.05, 3.63) is 17.7 Å². The maximum Gasteiger partial charge on any atom is 0.244 e. The number of ether oxygens (including phenoxy) is 2. The zero-order valence-corrected chi connectivity index (χ0v) is 11.6. The maximum atomic E-state index is 12.1. The van der Waals surface area contributed by atoms with Crippen molar-refractivity contribution in [2.75, 3.05) is 19.5 Å². The van der Waals surface area contributed by atoms with Crippen molar-refractivity contribution < 1.29 is 14.3 Å². The Balaban J connectivity index is 2.22. The molecule has 5 nitrogen and oxygen atoms in total. The lowest BCUT2D eigenvalue weighted by molar-refractivity contribution is -0.123. The van der Waals surface area contributed by atoms with E-state index in [1.807, 2.05) is 13.0 Å². The predicted molar refractivity (Wildman–Crippen MR) is 73.7 cm³/mol. The van der Waals surface area contributed by atoms with Gasteiger partial charge in [-0.2, -0.15) is 0 Å². The van der Waals surface area contributed by atoms with Crippen LogP contribution in [-0.2, 0) is 4.79 Å². The topological polar surface area (TPSA) is 73.6 Å². The second-order valence-electron chi connectivity index (χ2n) is 4.99. The maximum absolute atomic E-state index is 12.1. The van der Waals surface area contributed by atoms with Gasteiger partial charge in [-0.25, -0.2) is 0 Å². The smallest absolute Gasteiger partial charge is 0.244 e. The van der Waals surface area contributed by atoms with Crippen molar-refractivity contribution in [1.82, 2.24) is 0 Å². The molecular weight excluding hydrogens is 244 g/mol. The second kappa shape index (κ2) is 5.09. The number of methoxy groups -OCH3 is 2. The van der Waals surface area contributed by atoms with Crippen LogP contribution in [0.25, 0.3) is 0 Å². The number of aryl methyl sites for hydroxylation is 1. The first-order valence-corrected chi connectivity index (χ1v) is 6.33. The molecule has 1 amide bonds. The Kier molecular flexibility index (Phi) is 3.66. The first-order valence-electron chi connectivity index (χ1n) is 6.33. The molecule has 1 saturated carbocycles. The number of benzene rings is 1. The molecule has 0 saturated heterocycles. The fourth-order valence-corrected chi connectivity index (χ4v) is 2.15. The third-order valence-electron chi connectivity index (χ3n) is 3.68. The molecule has 3 N–H and O–H groups in total. The minimum Gasteiger partial charge on any atom is -0.493 e. The molecule has 1 aromatic rings. The molecule has 1 fully saturated rings. The zero-order valence-electron chi connectivity index (χ0n) is 11.6. The number of amides is 1. The molecule has 0 radical (unpaired) electrons. The van der Waals surface area contributed by atoms with Gasteiger partial charge in [-0.1, -0.05) is 0 Å². The fourth-order valence-electron chi connectivity index (χ4n) is 2.15. The van der Waals surface area contributed by atoms with E-state index in [1.54, 1.807) is 20.3 Å². The minimum absolute atomic E-state index is 0.130. The lowest BCUT2D eigenvalue weighted by Crippen LogP contribution is -2.56. The summed E-state index contributed by atoms with van der Waals surface area (Å²) in [5.74, 6) is 1.10. The molecule has 1 aliphatic rings. The summed E-state index contributed by atoms with van der Waals surface area (Å²) >= 11 is 0. The van der Waals surface area contributed by atoms with Crippen LogP contribution in [0.5, 0.6) is 11.5 Å². The van der Waals surface area contributed by atoms with Crippen LogP contribution < -0.4 is 20.5 Å². The molecule has 0 heterocycles. The monoisotopic (exact) mass is 264 g/mol. The average molecular weight is 264 g/mol. The second-order valence-corrected chi connectivity index (χ2v) is 4.99. The van der Waals surface area contributed by atoms with E-state index in [1.165, 1.54) is 0 Å². The van der Waals surface area contributed by atoms with E-state index in [-0.39, 0.29) is 5.91 Å². The van der Waals surface area contributed by atoms with Crippen LogP contribution >= 0.6 is 0 Å². The Bertz CT molecular complexity index is 496. The Labute approximate surface area is 113 Å². The van der Waals surface area contributed by atoms with Crippen molar-refractivity contribution in [3.63, 3.8) is 0 Å². The number of carbonyl (C=O) groups is 1. The zero-order chi connectivity index (χ0) is 14.0. The quantitative estimate of drug-likeness (QED) is 0.870. The van der Waals surface area contributed by atoms with Gasteiger partial charge in [0, 0.05) is 11.8 Å². The number of anilines is 1. The normalized spacial score (nSPS) is 16.4. The Hall–Kier alpha value is -1.75. The minimum atomic E-state index is -0.709. The predicted octanol–water partition coefficient (Wildman–Crippen LogP) is 1.83. The van der Waals surface area contributed by atoms with Gasteiger partial charge >= 0.3 is 0 Å². The summed E-state index contributed by atoms with van der Waals surface area (Å²) in [7, 11) is 3.15. The Morgan fingerprint density at radius 2 is 1.84 bits per heavy atom. The molecule has 0 unspecified atom stereocenters. The summed E-state index contributed by atoms with van der Waals surface area (Å²) in [5, 5.41) is 2.88. The van der Waals surface area contributed by atoms with Gasteiger partial charge in [0.25, 0.3) is 0 Å².